The topological polar surface area (TPSA) is 57.6 Å². The van der Waals surface area contributed by atoms with E-state index >= 15 is 0 Å². The molecule has 1 rings (SSSR count). The molecule has 0 aromatic heterocycles. The molecule has 0 aliphatic rings. The molecule has 0 saturated heterocycles. The molecule has 0 unspecified atom stereocenters. The fraction of sp³-hybridized carbons (Fsp3) is 0.200. The highest BCUT2D eigenvalue weighted by Gasteiger charge is 2.15. The van der Waals surface area contributed by atoms with Gasteiger partial charge in [0.2, 0.25) is 0 Å². The summed E-state index contributed by atoms with van der Waals surface area (Å²) in [4.78, 5) is 24.1. The minimum Gasteiger partial charge on any atom is -0.478 e. The molecular formula is C10H10ClNO3S. The number of carboxylic acids is 1. The summed E-state index contributed by atoms with van der Waals surface area (Å²) >= 11 is 6.60. The van der Waals surface area contributed by atoms with Gasteiger partial charge in [0.25, 0.3) is 5.24 Å². The van der Waals surface area contributed by atoms with Gasteiger partial charge in [-0.15, -0.1) is 0 Å². The average molecular weight is 260 g/mol. The van der Waals surface area contributed by atoms with E-state index in [0.29, 0.717) is 9.92 Å². The molecule has 0 aliphatic heterocycles. The standard InChI is InChI=1S/C10H10ClNO3S/c1-12(2)10(15)16-8-5-6(11)3-4-7(8)9(13)14/h3-5H,1-2H3,(H,13,14). The molecule has 4 nitrogen and oxygen atoms in total. The van der Waals surface area contributed by atoms with Gasteiger partial charge in [-0.05, 0) is 30.0 Å². The first-order valence-electron chi connectivity index (χ1n) is 4.34. The van der Waals surface area contributed by atoms with E-state index in [-0.39, 0.29) is 10.8 Å². The smallest absolute Gasteiger partial charge is 0.336 e. The number of nitrogens with zero attached hydrogens (tertiary/aromatic N) is 1. The van der Waals surface area contributed by atoms with Crippen molar-refractivity contribution in [1.29, 1.82) is 0 Å². The maximum absolute atomic E-state index is 11.5. The molecule has 1 amide bonds. The Kier molecular flexibility index (Phi) is 4.20. The first kappa shape index (κ1) is 12.9. The van der Waals surface area contributed by atoms with Crippen LogP contribution in [-0.4, -0.2) is 35.3 Å². The van der Waals surface area contributed by atoms with Crippen molar-refractivity contribution in [3.05, 3.63) is 28.8 Å². The number of thioether (sulfide) groups is 1. The minimum absolute atomic E-state index is 0.0737. The Hall–Kier alpha value is -1.20. The number of carbonyl (C=O) groups excluding carboxylic acids is 1. The second kappa shape index (κ2) is 5.23. The molecule has 0 saturated carbocycles. The Bertz CT molecular complexity index is 434. The summed E-state index contributed by atoms with van der Waals surface area (Å²) in [7, 11) is 3.20. The van der Waals surface area contributed by atoms with Gasteiger partial charge in [0.1, 0.15) is 0 Å². The molecule has 1 aromatic rings. The Balaban J connectivity index is 3.06. The van der Waals surface area contributed by atoms with Crippen LogP contribution in [0, 0.1) is 0 Å². The van der Waals surface area contributed by atoms with Gasteiger partial charge in [0.15, 0.2) is 0 Å². The Labute approximate surface area is 102 Å². The maximum Gasteiger partial charge on any atom is 0.336 e. The zero-order valence-corrected chi connectivity index (χ0v) is 10.3. The van der Waals surface area contributed by atoms with Gasteiger partial charge < -0.3 is 10.0 Å². The van der Waals surface area contributed by atoms with E-state index in [1.54, 1.807) is 14.1 Å². The molecule has 1 aromatic carbocycles. The van der Waals surface area contributed by atoms with Crippen molar-refractivity contribution < 1.29 is 14.7 Å². The van der Waals surface area contributed by atoms with Crippen LogP contribution in [0.5, 0.6) is 0 Å². The molecule has 0 heterocycles. The molecule has 1 N–H and O–H groups in total. The number of hydrogen-bond donors (Lipinski definition) is 1. The summed E-state index contributed by atoms with van der Waals surface area (Å²) < 4.78 is 0. The summed E-state index contributed by atoms with van der Waals surface area (Å²) in [5.41, 5.74) is 0.0737. The zero-order chi connectivity index (χ0) is 12.3. The van der Waals surface area contributed by atoms with Crippen molar-refractivity contribution in [2.45, 2.75) is 4.90 Å². The van der Waals surface area contributed by atoms with Crippen LogP contribution in [0.3, 0.4) is 0 Å². The van der Waals surface area contributed by atoms with Crippen LogP contribution in [0.15, 0.2) is 23.1 Å². The monoisotopic (exact) mass is 259 g/mol. The van der Waals surface area contributed by atoms with Gasteiger partial charge in [-0.3, -0.25) is 4.79 Å². The van der Waals surface area contributed by atoms with Crippen molar-refractivity contribution in [3.63, 3.8) is 0 Å². The number of benzene rings is 1. The summed E-state index contributed by atoms with van der Waals surface area (Å²) in [5.74, 6) is -1.08. The fourth-order valence-electron chi connectivity index (χ4n) is 0.943. The van der Waals surface area contributed by atoms with E-state index in [0.717, 1.165) is 11.8 Å². The third-order valence-electron chi connectivity index (χ3n) is 1.74. The van der Waals surface area contributed by atoms with Gasteiger partial charge in [-0.25, -0.2) is 4.79 Å². The van der Waals surface area contributed by atoms with Crippen LogP contribution in [0.1, 0.15) is 10.4 Å². The predicted octanol–water partition coefficient (Wildman–Crippen LogP) is 2.81. The summed E-state index contributed by atoms with van der Waals surface area (Å²) in [6, 6.07) is 4.34. The van der Waals surface area contributed by atoms with Crippen LogP contribution < -0.4 is 0 Å². The van der Waals surface area contributed by atoms with Crippen LogP contribution in [0.25, 0.3) is 0 Å². The number of carbonyl (C=O) groups is 2. The second-order valence-corrected chi connectivity index (χ2v) is 4.64. The van der Waals surface area contributed by atoms with Gasteiger partial charge >= 0.3 is 5.97 Å². The van der Waals surface area contributed by atoms with Crippen LogP contribution >= 0.6 is 23.4 Å². The summed E-state index contributed by atoms with van der Waals surface area (Å²) in [5, 5.41) is 9.08. The van der Waals surface area contributed by atoms with Crippen molar-refractivity contribution >= 4 is 34.6 Å². The molecule has 0 aliphatic carbocycles. The third kappa shape index (κ3) is 3.15. The quantitative estimate of drug-likeness (QED) is 0.830. The highest BCUT2D eigenvalue weighted by molar-refractivity contribution is 8.13. The fourth-order valence-corrected chi connectivity index (χ4v) is 2.00. The molecule has 86 valence electrons. The van der Waals surface area contributed by atoms with Gasteiger partial charge in [-0.2, -0.15) is 0 Å². The second-order valence-electron chi connectivity index (χ2n) is 3.21. The van der Waals surface area contributed by atoms with E-state index in [1.165, 1.54) is 23.1 Å². The van der Waals surface area contributed by atoms with Crippen LogP contribution in [-0.2, 0) is 0 Å². The van der Waals surface area contributed by atoms with E-state index in [1.807, 2.05) is 0 Å². The molecule has 0 atom stereocenters. The van der Waals surface area contributed by atoms with Crippen LogP contribution in [0.2, 0.25) is 5.02 Å². The van der Waals surface area contributed by atoms with Gasteiger partial charge in [0, 0.05) is 24.0 Å². The molecule has 0 radical (unpaired) electrons. The molecule has 16 heavy (non-hydrogen) atoms. The minimum atomic E-state index is -1.08. The number of halogens is 1. The number of rotatable bonds is 2. The highest BCUT2D eigenvalue weighted by Crippen LogP contribution is 2.27. The van der Waals surface area contributed by atoms with E-state index < -0.39 is 5.97 Å². The average Bonchev–Trinajstić information content (AvgIpc) is 2.16. The SMILES string of the molecule is CN(C)C(=O)Sc1cc(Cl)ccc1C(=O)O. The van der Waals surface area contributed by atoms with E-state index in [4.69, 9.17) is 16.7 Å². The van der Waals surface area contributed by atoms with Crippen molar-refractivity contribution in [3.8, 4) is 0 Å². The lowest BCUT2D eigenvalue weighted by atomic mass is 10.2. The highest BCUT2D eigenvalue weighted by atomic mass is 35.5. The lowest BCUT2D eigenvalue weighted by molar-refractivity contribution is 0.0693. The molecule has 0 spiro atoms. The van der Waals surface area contributed by atoms with Gasteiger partial charge in [-0.1, -0.05) is 11.6 Å². The maximum atomic E-state index is 11.5. The van der Waals surface area contributed by atoms with Crippen LogP contribution in [0.4, 0.5) is 4.79 Å². The van der Waals surface area contributed by atoms with E-state index in [2.05, 4.69) is 0 Å². The summed E-state index contributed by atoms with van der Waals surface area (Å²) in [6.45, 7) is 0. The Morgan fingerprint density at radius 2 is 2.00 bits per heavy atom. The predicted molar refractivity (Wildman–Crippen MR) is 63.4 cm³/mol. The van der Waals surface area contributed by atoms with Gasteiger partial charge in [0.05, 0.1) is 5.56 Å². The largest absolute Gasteiger partial charge is 0.478 e. The van der Waals surface area contributed by atoms with Crippen molar-refractivity contribution in [2.75, 3.05) is 14.1 Å². The number of carboxylic acid groups (broad SMARTS) is 1. The lowest BCUT2D eigenvalue weighted by Gasteiger charge is -2.10. The molecule has 0 bridgehead atoms. The third-order valence-corrected chi connectivity index (χ3v) is 3.07. The number of hydrogen-bond acceptors (Lipinski definition) is 3. The molecule has 0 fully saturated rings. The molecule has 6 heteroatoms. The summed E-state index contributed by atoms with van der Waals surface area (Å²) in [6.07, 6.45) is 0. The van der Waals surface area contributed by atoms with Crippen molar-refractivity contribution in [2.24, 2.45) is 0 Å². The Morgan fingerprint density at radius 1 is 1.38 bits per heavy atom. The lowest BCUT2D eigenvalue weighted by Crippen LogP contribution is -2.16. The number of amides is 1. The molecular weight excluding hydrogens is 250 g/mol. The first-order valence-corrected chi connectivity index (χ1v) is 5.53. The van der Waals surface area contributed by atoms with Crippen molar-refractivity contribution in [1.82, 2.24) is 4.90 Å². The Morgan fingerprint density at radius 3 is 2.50 bits per heavy atom. The first-order chi connectivity index (χ1) is 7.41. The normalized spacial score (nSPS) is 9.94. The van der Waals surface area contributed by atoms with E-state index in [9.17, 15) is 9.59 Å². The number of aromatic carboxylic acids is 1. The zero-order valence-electron chi connectivity index (χ0n) is 8.73.